The van der Waals surface area contributed by atoms with Gasteiger partial charge in [-0.05, 0) is 35.9 Å². The summed E-state index contributed by atoms with van der Waals surface area (Å²) in [5, 5.41) is 17.4. The third-order valence-electron chi connectivity index (χ3n) is 5.31. The standard InChI is InChI=1S/C24H18FN3O2/c25-17-7-4-8-18(13-17)28-24-22(23(27-28)16-5-2-1-3-6-16)20(14-21(30)26-24)15-9-11-19(29)12-10-15/h1-13,20,29H,14H2,(H,26,30). The molecule has 0 spiro atoms. The van der Waals surface area contributed by atoms with Gasteiger partial charge < -0.3 is 10.4 Å². The van der Waals surface area contributed by atoms with Crippen molar-refractivity contribution in [3.05, 3.63) is 95.8 Å². The minimum atomic E-state index is -0.379. The van der Waals surface area contributed by atoms with Crippen LogP contribution in [-0.4, -0.2) is 20.8 Å². The van der Waals surface area contributed by atoms with E-state index in [0.29, 0.717) is 11.5 Å². The Morgan fingerprint density at radius 2 is 1.77 bits per heavy atom. The van der Waals surface area contributed by atoms with Crippen LogP contribution in [0.15, 0.2) is 78.9 Å². The Balaban J connectivity index is 1.77. The molecule has 0 bridgehead atoms. The quantitative estimate of drug-likeness (QED) is 0.517. The van der Waals surface area contributed by atoms with Gasteiger partial charge in [0, 0.05) is 23.5 Å². The predicted octanol–water partition coefficient (Wildman–Crippen LogP) is 4.86. The highest BCUT2D eigenvalue weighted by Gasteiger charge is 2.34. The molecule has 1 unspecified atom stereocenters. The minimum absolute atomic E-state index is 0.141. The topological polar surface area (TPSA) is 67.1 Å². The smallest absolute Gasteiger partial charge is 0.226 e. The molecule has 1 aromatic heterocycles. The van der Waals surface area contributed by atoms with Gasteiger partial charge in [0.2, 0.25) is 5.91 Å². The summed E-state index contributed by atoms with van der Waals surface area (Å²) in [6.45, 7) is 0. The molecule has 0 saturated heterocycles. The molecule has 1 aliphatic rings. The monoisotopic (exact) mass is 399 g/mol. The number of aromatic nitrogens is 2. The number of aromatic hydroxyl groups is 1. The van der Waals surface area contributed by atoms with Crippen molar-refractivity contribution in [1.29, 1.82) is 0 Å². The summed E-state index contributed by atoms with van der Waals surface area (Å²) in [7, 11) is 0. The number of rotatable bonds is 3. The lowest BCUT2D eigenvalue weighted by Crippen LogP contribution is -2.24. The first-order chi connectivity index (χ1) is 14.6. The van der Waals surface area contributed by atoms with Crippen LogP contribution in [0.2, 0.25) is 0 Å². The number of phenolic OH excluding ortho intramolecular Hbond substituents is 1. The second kappa shape index (κ2) is 7.15. The summed E-state index contributed by atoms with van der Waals surface area (Å²) in [5.41, 5.74) is 3.94. The maximum Gasteiger partial charge on any atom is 0.226 e. The molecular weight excluding hydrogens is 381 g/mol. The summed E-state index contributed by atoms with van der Waals surface area (Å²) >= 11 is 0. The van der Waals surface area contributed by atoms with Crippen molar-refractivity contribution in [3.8, 4) is 22.7 Å². The number of phenols is 1. The van der Waals surface area contributed by atoms with E-state index in [1.54, 1.807) is 28.9 Å². The lowest BCUT2D eigenvalue weighted by Gasteiger charge is -2.25. The molecule has 2 heterocycles. The molecule has 1 aliphatic heterocycles. The van der Waals surface area contributed by atoms with Gasteiger partial charge in [0.1, 0.15) is 17.4 Å². The Kier molecular flexibility index (Phi) is 4.32. The molecule has 148 valence electrons. The third-order valence-corrected chi connectivity index (χ3v) is 5.31. The highest BCUT2D eigenvalue weighted by atomic mass is 19.1. The molecule has 0 aliphatic carbocycles. The fraction of sp³-hybridized carbons (Fsp3) is 0.0833. The van der Waals surface area contributed by atoms with Crippen molar-refractivity contribution in [3.63, 3.8) is 0 Å². The summed E-state index contributed by atoms with van der Waals surface area (Å²) in [5.74, 6) is -0.0633. The molecule has 2 N–H and O–H groups in total. The second-order valence-corrected chi connectivity index (χ2v) is 7.27. The van der Waals surface area contributed by atoms with Gasteiger partial charge in [-0.3, -0.25) is 4.79 Å². The normalized spacial score (nSPS) is 15.5. The number of hydrogen-bond acceptors (Lipinski definition) is 3. The molecule has 3 aromatic carbocycles. The van der Waals surface area contributed by atoms with Crippen LogP contribution in [0.4, 0.5) is 10.2 Å². The highest BCUT2D eigenvalue weighted by molar-refractivity contribution is 5.96. The van der Waals surface area contributed by atoms with Crippen molar-refractivity contribution < 1.29 is 14.3 Å². The van der Waals surface area contributed by atoms with Gasteiger partial charge in [0.15, 0.2) is 0 Å². The van der Waals surface area contributed by atoms with E-state index in [-0.39, 0.29) is 29.8 Å². The number of amides is 1. The number of fused-ring (bicyclic) bond motifs is 1. The Hall–Kier alpha value is -3.93. The lowest BCUT2D eigenvalue weighted by atomic mass is 9.84. The zero-order valence-corrected chi connectivity index (χ0v) is 15.9. The maximum atomic E-state index is 13.9. The fourth-order valence-electron chi connectivity index (χ4n) is 3.95. The summed E-state index contributed by atoms with van der Waals surface area (Å²) in [6.07, 6.45) is 0.256. The van der Waals surface area contributed by atoms with Crippen molar-refractivity contribution in [1.82, 2.24) is 9.78 Å². The van der Waals surface area contributed by atoms with Crippen molar-refractivity contribution in [2.75, 3.05) is 5.32 Å². The summed E-state index contributed by atoms with van der Waals surface area (Å²) in [6, 6.07) is 22.7. The Morgan fingerprint density at radius 1 is 1.00 bits per heavy atom. The fourth-order valence-corrected chi connectivity index (χ4v) is 3.95. The van der Waals surface area contributed by atoms with E-state index in [1.165, 1.54) is 12.1 Å². The molecule has 0 radical (unpaired) electrons. The first kappa shape index (κ1) is 18.1. The van der Waals surface area contributed by atoms with E-state index < -0.39 is 0 Å². The van der Waals surface area contributed by atoms with E-state index in [9.17, 15) is 14.3 Å². The molecule has 1 amide bonds. The number of carbonyl (C=O) groups is 1. The zero-order valence-electron chi connectivity index (χ0n) is 15.9. The third kappa shape index (κ3) is 3.12. The van der Waals surface area contributed by atoms with Crippen LogP contribution in [0.5, 0.6) is 5.75 Å². The molecule has 5 nitrogen and oxygen atoms in total. The lowest BCUT2D eigenvalue weighted by molar-refractivity contribution is -0.116. The Bertz CT molecular complexity index is 1230. The van der Waals surface area contributed by atoms with Crippen LogP contribution in [0.1, 0.15) is 23.5 Å². The van der Waals surface area contributed by atoms with Gasteiger partial charge in [-0.15, -0.1) is 0 Å². The second-order valence-electron chi connectivity index (χ2n) is 7.27. The molecule has 4 aromatic rings. The van der Waals surface area contributed by atoms with Crippen molar-refractivity contribution in [2.24, 2.45) is 0 Å². The molecule has 0 saturated carbocycles. The van der Waals surface area contributed by atoms with Gasteiger partial charge in [0.25, 0.3) is 0 Å². The van der Waals surface area contributed by atoms with Gasteiger partial charge in [-0.2, -0.15) is 5.10 Å². The Labute approximate surface area is 172 Å². The first-order valence-corrected chi connectivity index (χ1v) is 9.63. The SMILES string of the molecule is O=C1CC(c2ccc(O)cc2)c2c(-c3ccccc3)nn(-c3cccc(F)c3)c2N1. The average Bonchev–Trinajstić information content (AvgIpc) is 3.14. The van der Waals surface area contributed by atoms with Crippen molar-refractivity contribution in [2.45, 2.75) is 12.3 Å². The average molecular weight is 399 g/mol. The number of carbonyl (C=O) groups excluding carboxylic acids is 1. The number of nitrogens with one attached hydrogen (secondary N) is 1. The Morgan fingerprint density at radius 3 is 2.50 bits per heavy atom. The minimum Gasteiger partial charge on any atom is -0.508 e. The van der Waals surface area contributed by atoms with E-state index in [0.717, 1.165) is 22.4 Å². The molecule has 30 heavy (non-hydrogen) atoms. The van der Waals surface area contributed by atoms with Gasteiger partial charge >= 0.3 is 0 Å². The van der Waals surface area contributed by atoms with E-state index in [4.69, 9.17) is 5.10 Å². The molecule has 1 atom stereocenters. The van der Waals surface area contributed by atoms with Crippen LogP contribution in [0, 0.1) is 5.82 Å². The number of benzene rings is 3. The van der Waals surface area contributed by atoms with Crippen molar-refractivity contribution >= 4 is 11.7 Å². The molecular formula is C24H18FN3O2. The first-order valence-electron chi connectivity index (χ1n) is 9.63. The van der Waals surface area contributed by atoms with Crippen LogP contribution in [0.3, 0.4) is 0 Å². The number of hydrogen-bond donors (Lipinski definition) is 2. The van der Waals surface area contributed by atoms with Gasteiger partial charge in [-0.1, -0.05) is 48.5 Å². The number of halogens is 1. The van der Waals surface area contributed by atoms with Crippen LogP contribution in [-0.2, 0) is 4.79 Å². The largest absolute Gasteiger partial charge is 0.508 e. The van der Waals surface area contributed by atoms with Gasteiger partial charge in [0.05, 0.1) is 11.4 Å². The maximum absolute atomic E-state index is 13.9. The zero-order chi connectivity index (χ0) is 20.7. The van der Waals surface area contributed by atoms with Crippen LogP contribution >= 0.6 is 0 Å². The van der Waals surface area contributed by atoms with Crippen LogP contribution < -0.4 is 5.32 Å². The number of anilines is 1. The van der Waals surface area contributed by atoms with Crippen LogP contribution in [0.25, 0.3) is 16.9 Å². The summed E-state index contributed by atoms with van der Waals surface area (Å²) in [4.78, 5) is 12.6. The van der Waals surface area contributed by atoms with E-state index in [1.807, 2.05) is 42.5 Å². The van der Waals surface area contributed by atoms with E-state index >= 15 is 0 Å². The summed E-state index contributed by atoms with van der Waals surface area (Å²) < 4.78 is 15.5. The molecule has 5 rings (SSSR count). The number of nitrogens with zero attached hydrogens (tertiary/aromatic N) is 2. The highest BCUT2D eigenvalue weighted by Crippen LogP contribution is 2.44. The predicted molar refractivity (Wildman–Crippen MR) is 112 cm³/mol. The van der Waals surface area contributed by atoms with E-state index in [2.05, 4.69) is 5.32 Å². The van der Waals surface area contributed by atoms with Gasteiger partial charge in [-0.25, -0.2) is 9.07 Å². The molecule has 6 heteroatoms. The molecule has 0 fully saturated rings.